The molecule has 0 spiro atoms. The molecule has 0 saturated carbocycles. The lowest BCUT2D eigenvalue weighted by Gasteiger charge is -2.33. The molecule has 2 aromatic rings. The fraction of sp³-hybridized carbons (Fsp3) is 0.348. The van der Waals surface area contributed by atoms with Crippen LogP contribution in [0.15, 0.2) is 52.6 Å². The molecule has 7 heteroatoms. The molecule has 0 aromatic heterocycles. The van der Waals surface area contributed by atoms with Gasteiger partial charge in [-0.1, -0.05) is 24.8 Å². The average Bonchev–Trinajstić information content (AvgIpc) is 2.77. The van der Waals surface area contributed by atoms with Crippen LogP contribution < -0.4 is 10.3 Å². The Morgan fingerprint density at radius 1 is 1.27 bits per heavy atom. The molecule has 0 saturated heterocycles. The molecule has 156 valence electrons. The van der Waals surface area contributed by atoms with Crippen LogP contribution in [0.5, 0.6) is 0 Å². The molecule has 0 aliphatic carbocycles. The summed E-state index contributed by atoms with van der Waals surface area (Å²) in [5, 5.41) is 4.31. The van der Waals surface area contributed by atoms with Crippen LogP contribution >= 0.6 is 11.8 Å². The molecular formula is C23H25FN4OS. The van der Waals surface area contributed by atoms with Gasteiger partial charge in [-0.3, -0.25) is 9.79 Å². The van der Waals surface area contributed by atoms with E-state index >= 15 is 0 Å². The first-order chi connectivity index (χ1) is 14.6. The molecule has 2 aliphatic heterocycles. The quantitative estimate of drug-likeness (QED) is 0.556. The molecule has 1 unspecified atom stereocenters. The molecule has 1 amide bonds. The third-order valence-corrected chi connectivity index (χ3v) is 6.50. The van der Waals surface area contributed by atoms with E-state index in [9.17, 15) is 9.18 Å². The predicted octanol–water partition coefficient (Wildman–Crippen LogP) is 4.98. The molecule has 2 aromatic carbocycles. The summed E-state index contributed by atoms with van der Waals surface area (Å²) in [6, 6.07) is 12.9. The van der Waals surface area contributed by atoms with Crippen LogP contribution in [-0.4, -0.2) is 35.1 Å². The summed E-state index contributed by atoms with van der Waals surface area (Å²) in [7, 11) is 0. The minimum absolute atomic E-state index is 0.0629. The van der Waals surface area contributed by atoms with Crippen molar-refractivity contribution in [1.29, 1.82) is 0 Å². The maximum atomic E-state index is 13.4. The number of fused-ring (bicyclic) bond motifs is 1. The highest BCUT2D eigenvalue weighted by Gasteiger charge is 2.27. The van der Waals surface area contributed by atoms with Gasteiger partial charge < -0.3 is 4.90 Å². The summed E-state index contributed by atoms with van der Waals surface area (Å²) in [6.07, 6.45) is 2.83. The van der Waals surface area contributed by atoms with Crippen LogP contribution in [0.1, 0.15) is 43.4 Å². The Kier molecular flexibility index (Phi) is 6.18. The minimum atomic E-state index is -0.248. The second-order valence-corrected chi connectivity index (χ2v) is 8.49. The standard InChI is InChI=1S/C23H25FN4OS/c1-3-20-21(26-27-23(29)30-20)17-9-12-19-16(14-17)6-5-13-28(19)22(25-4-2)15-7-10-18(24)11-8-15/h7-12,14,20H,3-6,13H2,1-2H3,(H,27,29)/b25-22-. The van der Waals surface area contributed by atoms with E-state index in [1.165, 1.54) is 29.5 Å². The molecule has 1 atom stereocenters. The number of halogens is 1. The van der Waals surface area contributed by atoms with Gasteiger partial charge in [0.25, 0.3) is 5.24 Å². The van der Waals surface area contributed by atoms with Gasteiger partial charge >= 0.3 is 0 Å². The Morgan fingerprint density at radius 2 is 2.07 bits per heavy atom. The van der Waals surface area contributed by atoms with Gasteiger partial charge in [-0.25, -0.2) is 9.82 Å². The first-order valence-corrected chi connectivity index (χ1v) is 11.2. The highest BCUT2D eigenvalue weighted by atomic mass is 32.2. The summed E-state index contributed by atoms with van der Waals surface area (Å²) < 4.78 is 13.4. The first-order valence-electron chi connectivity index (χ1n) is 10.4. The Morgan fingerprint density at radius 3 is 2.80 bits per heavy atom. The number of thioether (sulfide) groups is 1. The van der Waals surface area contributed by atoms with Gasteiger partial charge in [-0.2, -0.15) is 5.10 Å². The van der Waals surface area contributed by atoms with Crippen molar-refractivity contribution in [3.05, 3.63) is 65.0 Å². The van der Waals surface area contributed by atoms with Crippen LogP contribution in [0.3, 0.4) is 0 Å². The molecule has 1 N–H and O–H groups in total. The van der Waals surface area contributed by atoms with Crippen molar-refractivity contribution in [2.45, 2.75) is 38.4 Å². The summed E-state index contributed by atoms with van der Waals surface area (Å²) in [5.74, 6) is 0.623. The zero-order valence-corrected chi connectivity index (χ0v) is 18.0. The number of hydrogen-bond acceptors (Lipinski definition) is 4. The van der Waals surface area contributed by atoms with Crippen molar-refractivity contribution < 1.29 is 9.18 Å². The van der Waals surface area contributed by atoms with Crippen molar-refractivity contribution in [3.63, 3.8) is 0 Å². The Balaban J connectivity index is 1.70. The second kappa shape index (κ2) is 9.00. The lowest BCUT2D eigenvalue weighted by atomic mass is 9.95. The van der Waals surface area contributed by atoms with Gasteiger partial charge in [-0.15, -0.1) is 0 Å². The third-order valence-electron chi connectivity index (χ3n) is 5.35. The second-order valence-electron chi connectivity index (χ2n) is 7.31. The van der Waals surface area contributed by atoms with Crippen molar-refractivity contribution in [3.8, 4) is 0 Å². The van der Waals surface area contributed by atoms with E-state index in [1.807, 2.05) is 6.92 Å². The van der Waals surface area contributed by atoms with Gasteiger partial charge in [0.05, 0.1) is 11.0 Å². The molecular weight excluding hydrogens is 399 g/mol. The normalized spacial score (nSPS) is 19.2. The van der Waals surface area contributed by atoms with Crippen molar-refractivity contribution in [1.82, 2.24) is 5.43 Å². The molecule has 0 fully saturated rings. The van der Waals surface area contributed by atoms with E-state index < -0.39 is 0 Å². The number of aliphatic imine (C=N–C) groups is 1. The molecule has 0 radical (unpaired) electrons. The van der Waals surface area contributed by atoms with Crippen molar-refractivity contribution in [2.24, 2.45) is 10.1 Å². The summed E-state index contributed by atoms with van der Waals surface area (Å²) in [4.78, 5) is 18.6. The minimum Gasteiger partial charge on any atom is -0.326 e. The van der Waals surface area contributed by atoms with Gasteiger partial charge in [-0.05, 0) is 73.7 Å². The maximum Gasteiger partial charge on any atom is 0.299 e. The number of nitrogens with zero attached hydrogens (tertiary/aromatic N) is 3. The lowest BCUT2D eigenvalue weighted by molar-refractivity contribution is 0.260. The largest absolute Gasteiger partial charge is 0.326 e. The zero-order valence-electron chi connectivity index (χ0n) is 17.2. The molecule has 5 nitrogen and oxygen atoms in total. The fourth-order valence-electron chi connectivity index (χ4n) is 3.97. The lowest BCUT2D eigenvalue weighted by Crippen LogP contribution is -2.37. The molecule has 2 aliphatic rings. The highest BCUT2D eigenvalue weighted by Crippen LogP contribution is 2.32. The zero-order chi connectivity index (χ0) is 21.1. The summed E-state index contributed by atoms with van der Waals surface area (Å²) in [6.45, 7) is 5.60. The molecule has 0 bridgehead atoms. The van der Waals surface area contributed by atoms with Gasteiger partial charge in [0.1, 0.15) is 11.7 Å². The number of anilines is 1. The number of carbonyl (C=O) groups is 1. The molecule has 30 heavy (non-hydrogen) atoms. The smallest absolute Gasteiger partial charge is 0.299 e. The number of carbonyl (C=O) groups excluding carboxylic acids is 1. The van der Waals surface area contributed by atoms with Gasteiger partial charge in [0, 0.05) is 24.3 Å². The topological polar surface area (TPSA) is 57.1 Å². The number of benzene rings is 2. The summed E-state index contributed by atoms with van der Waals surface area (Å²) >= 11 is 1.30. The van der Waals surface area contributed by atoms with E-state index in [0.29, 0.717) is 6.54 Å². The van der Waals surface area contributed by atoms with Crippen LogP contribution in [0.4, 0.5) is 14.9 Å². The number of aryl methyl sites for hydroxylation is 1. The van der Waals surface area contributed by atoms with E-state index in [1.54, 1.807) is 12.1 Å². The number of amides is 1. The Labute approximate surface area is 180 Å². The highest BCUT2D eigenvalue weighted by molar-refractivity contribution is 8.14. The molecule has 4 rings (SSSR count). The van der Waals surface area contributed by atoms with Crippen LogP contribution in [0.2, 0.25) is 0 Å². The van der Waals surface area contributed by atoms with Crippen LogP contribution in [0, 0.1) is 5.82 Å². The Bertz CT molecular complexity index is 1000. The SMILES string of the molecule is CC/N=C(/c1ccc(F)cc1)N1CCCc2cc(C3=NNC(=O)SC3CC)ccc21. The van der Waals surface area contributed by atoms with Crippen molar-refractivity contribution in [2.75, 3.05) is 18.0 Å². The number of nitrogens with one attached hydrogen (secondary N) is 1. The Hall–Kier alpha value is -2.67. The predicted molar refractivity (Wildman–Crippen MR) is 122 cm³/mol. The van der Waals surface area contributed by atoms with Crippen molar-refractivity contribution >= 4 is 34.2 Å². The third kappa shape index (κ3) is 4.12. The van der Waals surface area contributed by atoms with Crippen LogP contribution in [0.25, 0.3) is 0 Å². The average molecular weight is 425 g/mol. The number of hydrazone groups is 1. The maximum absolute atomic E-state index is 13.4. The first kappa shape index (κ1) is 20.6. The van der Waals surface area contributed by atoms with E-state index in [4.69, 9.17) is 4.99 Å². The van der Waals surface area contributed by atoms with E-state index in [0.717, 1.165) is 54.2 Å². The van der Waals surface area contributed by atoms with E-state index in [2.05, 4.69) is 40.5 Å². The van der Waals surface area contributed by atoms with Crippen LogP contribution in [-0.2, 0) is 6.42 Å². The summed E-state index contributed by atoms with van der Waals surface area (Å²) in [5.41, 5.74) is 7.84. The van der Waals surface area contributed by atoms with Gasteiger partial charge in [0.15, 0.2) is 0 Å². The fourth-order valence-corrected chi connectivity index (χ4v) is 4.80. The van der Waals surface area contributed by atoms with E-state index in [-0.39, 0.29) is 16.3 Å². The number of hydrogen-bond donors (Lipinski definition) is 1. The number of amidine groups is 1. The van der Waals surface area contributed by atoms with Gasteiger partial charge in [0.2, 0.25) is 0 Å². The molecule has 2 heterocycles. The monoisotopic (exact) mass is 424 g/mol. The number of rotatable bonds is 4.